The van der Waals surface area contributed by atoms with Gasteiger partial charge in [-0.2, -0.15) is 5.26 Å². The summed E-state index contributed by atoms with van der Waals surface area (Å²) in [6.07, 6.45) is -0.505. The fourth-order valence-corrected chi connectivity index (χ4v) is 3.63. The van der Waals surface area contributed by atoms with Gasteiger partial charge in [-0.05, 0) is 36.2 Å². The lowest BCUT2D eigenvalue weighted by molar-refractivity contribution is -0.135. The molecule has 1 aliphatic heterocycles. The zero-order valence-corrected chi connectivity index (χ0v) is 19.4. The number of nitrogens with zero attached hydrogens (tertiary/aromatic N) is 5. The largest absolute Gasteiger partial charge is 0.457 e. The Hall–Kier alpha value is -3.87. The fourth-order valence-electron chi connectivity index (χ4n) is 3.63. The fraction of sp³-hybridized carbons (Fsp3) is 0.320. The predicted molar refractivity (Wildman–Crippen MR) is 126 cm³/mol. The molecule has 1 unspecified atom stereocenters. The summed E-state index contributed by atoms with van der Waals surface area (Å²) in [6.45, 7) is 4.29. The van der Waals surface area contributed by atoms with Crippen molar-refractivity contribution in [1.82, 2.24) is 19.6 Å². The summed E-state index contributed by atoms with van der Waals surface area (Å²) in [5.74, 6) is 0.433. The van der Waals surface area contributed by atoms with Crippen LogP contribution in [0.2, 0.25) is 0 Å². The van der Waals surface area contributed by atoms with Crippen LogP contribution >= 0.6 is 0 Å². The molecule has 9 nitrogen and oxygen atoms in total. The summed E-state index contributed by atoms with van der Waals surface area (Å²) in [5, 5.41) is 18.4. The summed E-state index contributed by atoms with van der Waals surface area (Å²) in [6, 6.07) is 17.9. The second kappa shape index (κ2) is 11.3. The van der Waals surface area contributed by atoms with Crippen LogP contribution in [0.4, 0.5) is 4.79 Å². The summed E-state index contributed by atoms with van der Waals surface area (Å²) >= 11 is 0. The Bertz CT molecular complexity index is 1050. The van der Waals surface area contributed by atoms with Crippen LogP contribution in [0, 0.1) is 11.3 Å². The van der Waals surface area contributed by atoms with E-state index in [1.807, 2.05) is 35.2 Å². The van der Waals surface area contributed by atoms with E-state index in [0.29, 0.717) is 23.7 Å². The molecule has 1 fully saturated rings. The zero-order valence-electron chi connectivity index (χ0n) is 19.4. The van der Waals surface area contributed by atoms with Crippen LogP contribution in [0.5, 0.6) is 5.75 Å². The van der Waals surface area contributed by atoms with Gasteiger partial charge in [0.05, 0.1) is 18.2 Å². The number of aliphatic hydroxyl groups is 1. The number of ether oxygens (including phenoxy) is 1. The Morgan fingerprint density at radius 2 is 1.79 bits per heavy atom. The summed E-state index contributed by atoms with van der Waals surface area (Å²) in [4.78, 5) is 32.3. The lowest BCUT2D eigenvalue weighted by Crippen LogP contribution is -2.52. The molecule has 1 aliphatic rings. The van der Waals surface area contributed by atoms with Gasteiger partial charge in [0.25, 0.3) is 0 Å². The smallest absolute Gasteiger partial charge is 0.332 e. The lowest BCUT2D eigenvalue weighted by Gasteiger charge is -2.39. The second-order valence-electron chi connectivity index (χ2n) is 7.96. The van der Waals surface area contributed by atoms with Gasteiger partial charge in [-0.3, -0.25) is 14.6 Å². The number of carbonyl (C=O) groups excluding carboxylic acids is 2. The molecule has 2 aromatic carbocycles. The average molecular weight is 464 g/mol. The number of aliphatic hydroxyl groups excluding tert-OH is 1. The van der Waals surface area contributed by atoms with Crippen LogP contribution in [0.15, 0.2) is 67.0 Å². The highest BCUT2D eigenvalue weighted by atomic mass is 16.5. The highest BCUT2D eigenvalue weighted by Gasteiger charge is 2.36. The molecule has 9 heteroatoms. The van der Waals surface area contributed by atoms with Gasteiger partial charge in [0.15, 0.2) is 0 Å². The summed E-state index contributed by atoms with van der Waals surface area (Å²) in [5.41, 5.74) is 1.46. The number of amides is 3. The maximum Gasteiger partial charge on any atom is 0.332 e. The molecule has 0 aliphatic carbocycles. The molecule has 0 saturated carbocycles. The molecule has 0 spiro atoms. The highest BCUT2D eigenvalue weighted by Crippen LogP contribution is 2.23. The zero-order chi connectivity index (χ0) is 24.7. The van der Waals surface area contributed by atoms with Crippen molar-refractivity contribution in [1.29, 1.82) is 5.26 Å². The number of imide groups is 1. The van der Waals surface area contributed by atoms with E-state index in [-0.39, 0.29) is 26.1 Å². The van der Waals surface area contributed by atoms with Gasteiger partial charge in [0.2, 0.25) is 12.3 Å². The van der Waals surface area contributed by atoms with Crippen molar-refractivity contribution in [2.24, 2.45) is 0 Å². The molecule has 3 amide bonds. The van der Waals surface area contributed by atoms with E-state index in [9.17, 15) is 14.7 Å². The predicted octanol–water partition coefficient (Wildman–Crippen LogP) is 2.40. The molecular weight excluding hydrogens is 434 g/mol. The number of urea groups is 1. The molecule has 3 rings (SSSR count). The number of hydrogen-bond donors (Lipinski definition) is 1. The average Bonchev–Trinajstić information content (AvgIpc) is 2.87. The van der Waals surface area contributed by atoms with Gasteiger partial charge in [-0.25, -0.2) is 9.69 Å². The van der Waals surface area contributed by atoms with Crippen LogP contribution < -0.4 is 4.74 Å². The maximum absolute atomic E-state index is 13.3. The van der Waals surface area contributed by atoms with E-state index in [2.05, 4.69) is 12.6 Å². The van der Waals surface area contributed by atoms with E-state index in [1.54, 1.807) is 43.3 Å². The lowest BCUT2D eigenvalue weighted by atomic mass is 10.2. The van der Waals surface area contributed by atoms with Gasteiger partial charge in [-0.1, -0.05) is 36.9 Å². The quantitative estimate of drug-likeness (QED) is 0.673. The Kier molecular flexibility index (Phi) is 8.24. The van der Waals surface area contributed by atoms with Crippen LogP contribution in [0.3, 0.4) is 0 Å². The molecule has 0 aromatic heterocycles. The van der Waals surface area contributed by atoms with Crippen LogP contribution in [-0.4, -0.2) is 76.8 Å². The first-order valence-electron chi connectivity index (χ1n) is 10.9. The molecule has 1 atom stereocenters. The Morgan fingerprint density at radius 1 is 1.12 bits per heavy atom. The third-order valence-corrected chi connectivity index (χ3v) is 5.59. The summed E-state index contributed by atoms with van der Waals surface area (Å²) < 4.78 is 6.29. The first-order valence-corrected chi connectivity index (χ1v) is 10.9. The third kappa shape index (κ3) is 5.73. The minimum atomic E-state index is -0.780. The van der Waals surface area contributed by atoms with Crippen molar-refractivity contribution in [3.8, 4) is 11.8 Å². The first kappa shape index (κ1) is 24.8. The van der Waals surface area contributed by atoms with Crippen molar-refractivity contribution >= 4 is 11.9 Å². The van der Waals surface area contributed by atoms with Crippen molar-refractivity contribution in [3.05, 3.63) is 78.1 Å². The first-order chi connectivity index (χ1) is 16.3. The van der Waals surface area contributed by atoms with Crippen molar-refractivity contribution in [3.63, 3.8) is 0 Å². The van der Waals surface area contributed by atoms with Crippen molar-refractivity contribution in [2.75, 3.05) is 33.8 Å². The van der Waals surface area contributed by atoms with Crippen LogP contribution in [0.25, 0.3) is 0 Å². The van der Waals surface area contributed by atoms with E-state index >= 15 is 0 Å². The topological polar surface area (TPSA) is 100 Å². The van der Waals surface area contributed by atoms with Crippen LogP contribution in [0.1, 0.15) is 17.5 Å². The maximum atomic E-state index is 13.3. The molecule has 2 aromatic rings. The SMILES string of the molecule is C=C1N(C)C(=O)N(CCCO)C(=O)CN(Cc2ccccc2)C(Oc2ccc(C#N)cc2)N1C. The van der Waals surface area contributed by atoms with Gasteiger partial charge < -0.3 is 14.7 Å². The molecule has 1 N–H and O–H groups in total. The van der Waals surface area contributed by atoms with Gasteiger partial charge in [0, 0.05) is 33.8 Å². The highest BCUT2D eigenvalue weighted by molar-refractivity contribution is 5.96. The number of carbonyl (C=O) groups is 2. The molecule has 178 valence electrons. The number of benzene rings is 2. The van der Waals surface area contributed by atoms with Crippen LogP contribution in [-0.2, 0) is 11.3 Å². The minimum Gasteiger partial charge on any atom is -0.457 e. The molecular formula is C25H29N5O4. The van der Waals surface area contributed by atoms with Gasteiger partial charge >= 0.3 is 6.03 Å². The van der Waals surface area contributed by atoms with Crippen molar-refractivity contribution < 1.29 is 19.4 Å². The summed E-state index contributed by atoms with van der Waals surface area (Å²) in [7, 11) is 3.29. The van der Waals surface area contributed by atoms with E-state index < -0.39 is 18.3 Å². The number of rotatable bonds is 7. The number of nitriles is 1. The Morgan fingerprint density at radius 3 is 2.41 bits per heavy atom. The second-order valence-corrected chi connectivity index (χ2v) is 7.96. The van der Waals surface area contributed by atoms with E-state index in [4.69, 9.17) is 10.00 Å². The Labute approximate surface area is 199 Å². The third-order valence-electron chi connectivity index (χ3n) is 5.59. The van der Waals surface area contributed by atoms with E-state index in [0.717, 1.165) is 10.5 Å². The molecule has 1 saturated heterocycles. The minimum absolute atomic E-state index is 0.0931. The number of hydrogen-bond acceptors (Lipinski definition) is 7. The molecule has 0 radical (unpaired) electrons. The Balaban J connectivity index is 2.01. The van der Waals surface area contributed by atoms with Crippen molar-refractivity contribution in [2.45, 2.75) is 19.3 Å². The molecule has 1 heterocycles. The van der Waals surface area contributed by atoms with E-state index in [1.165, 1.54) is 4.90 Å². The van der Waals surface area contributed by atoms with Gasteiger partial charge in [0.1, 0.15) is 11.6 Å². The van der Waals surface area contributed by atoms with Gasteiger partial charge in [-0.15, -0.1) is 0 Å². The normalized spacial score (nSPS) is 17.8. The molecule has 0 bridgehead atoms. The standard InChI is InChI=1S/C25H29N5O4/c1-19-27(2)24(33)30(14-7-15-31)23(32)18-29(17-21-8-5-4-6-9-21)25(28(19)3)34-22-12-10-20(16-26)11-13-22/h4-6,8-13,25,31H,1,7,14-15,17-18H2,2-3H3. The monoisotopic (exact) mass is 463 g/mol. The molecule has 34 heavy (non-hydrogen) atoms.